The molecule has 2 aromatic carbocycles. The van der Waals surface area contributed by atoms with Gasteiger partial charge in [0.25, 0.3) is 8.32 Å². The SMILES string of the molecule is CC(C)(C)[Si](OCCc1nc(Cl)ccc1Br)(c1ccccc1)c1ccccc1. The molecule has 28 heavy (non-hydrogen) atoms. The fourth-order valence-electron chi connectivity index (χ4n) is 3.70. The Bertz CT molecular complexity index is 873. The second kappa shape index (κ2) is 8.91. The molecule has 0 bridgehead atoms. The third-order valence-electron chi connectivity index (χ3n) is 4.96. The van der Waals surface area contributed by atoms with Crippen molar-refractivity contribution >= 4 is 46.2 Å². The summed E-state index contributed by atoms with van der Waals surface area (Å²) in [4.78, 5) is 4.45. The molecule has 3 aromatic rings. The van der Waals surface area contributed by atoms with E-state index >= 15 is 0 Å². The molecular weight excluding hydrogens is 450 g/mol. The first-order chi connectivity index (χ1) is 13.3. The first-order valence-corrected chi connectivity index (χ1v) is 12.5. The molecule has 0 spiro atoms. The fraction of sp³-hybridized carbons (Fsp3) is 0.261. The Morgan fingerprint density at radius 1 is 0.893 bits per heavy atom. The third-order valence-corrected chi connectivity index (χ3v) is 10.9. The first-order valence-electron chi connectivity index (χ1n) is 9.40. The molecule has 0 aliphatic rings. The Labute approximate surface area is 182 Å². The van der Waals surface area contributed by atoms with E-state index in [-0.39, 0.29) is 5.04 Å². The molecule has 0 atom stereocenters. The van der Waals surface area contributed by atoms with Crippen molar-refractivity contribution < 1.29 is 4.43 Å². The minimum atomic E-state index is -2.51. The van der Waals surface area contributed by atoms with E-state index in [4.69, 9.17) is 16.0 Å². The number of halogens is 2. The molecule has 0 saturated heterocycles. The van der Waals surface area contributed by atoms with Gasteiger partial charge in [-0.05, 0) is 43.5 Å². The molecule has 2 nitrogen and oxygen atoms in total. The maximum absolute atomic E-state index is 6.90. The zero-order chi connectivity index (χ0) is 20.2. The lowest BCUT2D eigenvalue weighted by atomic mass is 10.2. The minimum absolute atomic E-state index is 0.0330. The van der Waals surface area contributed by atoms with Gasteiger partial charge in [-0.1, -0.05) is 93.0 Å². The van der Waals surface area contributed by atoms with Crippen molar-refractivity contribution in [2.45, 2.75) is 32.2 Å². The molecule has 0 N–H and O–H groups in total. The normalized spacial score (nSPS) is 12.2. The molecule has 1 heterocycles. The predicted octanol–water partition coefficient (Wildman–Crippen LogP) is 5.62. The molecule has 1 aromatic heterocycles. The third kappa shape index (κ3) is 4.41. The molecule has 3 rings (SSSR count). The van der Waals surface area contributed by atoms with Gasteiger partial charge in [0, 0.05) is 17.5 Å². The van der Waals surface area contributed by atoms with Crippen molar-refractivity contribution in [1.29, 1.82) is 0 Å². The molecular formula is C23H25BrClNOSi. The summed E-state index contributed by atoms with van der Waals surface area (Å²) in [5, 5.41) is 3.04. The summed E-state index contributed by atoms with van der Waals surface area (Å²) < 4.78 is 7.86. The second-order valence-corrected chi connectivity index (χ2v) is 13.4. The van der Waals surface area contributed by atoms with E-state index in [9.17, 15) is 0 Å². The van der Waals surface area contributed by atoms with Crippen LogP contribution < -0.4 is 10.4 Å². The molecule has 146 valence electrons. The summed E-state index contributed by atoms with van der Waals surface area (Å²) in [6.45, 7) is 7.44. The van der Waals surface area contributed by atoms with Gasteiger partial charge in [-0.2, -0.15) is 0 Å². The topological polar surface area (TPSA) is 22.1 Å². The summed E-state index contributed by atoms with van der Waals surface area (Å²) in [6.07, 6.45) is 0.700. The van der Waals surface area contributed by atoms with E-state index in [1.165, 1.54) is 10.4 Å². The summed E-state index contributed by atoms with van der Waals surface area (Å²) in [5.74, 6) is 0. The highest BCUT2D eigenvalue weighted by molar-refractivity contribution is 9.10. The van der Waals surface area contributed by atoms with Gasteiger partial charge >= 0.3 is 0 Å². The van der Waals surface area contributed by atoms with Crippen LogP contribution in [0.5, 0.6) is 0 Å². The average molecular weight is 475 g/mol. The zero-order valence-electron chi connectivity index (χ0n) is 16.5. The van der Waals surface area contributed by atoms with E-state index in [1.807, 2.05) is 6.07 Å². The van der Waals surface area contributed by atoms with Crippen LogP contribution in [0.25, 0.3) is 0 Å². The van der Waals surface area contributed by atoms with Gasteiger partial charge in [0.05, 0.1) is 5.69 Å². The molecule has 0 aliphatic carbocycles. The Morgan fingerprint density at radius 2 is 1.43 bits per heavy atom. The Morgan fingerprint density at radius 3 is 1.93 bits per heavy atom. The smallest absolute Gasteiger partial charge is 0.261 e. The van der Waals surface area contributed by atoms with E-state index in [1.54, 1.807) is 6.07 Å². The van der Waals surface area contributed by atoms with Crippen LogP contribution in [0.3, 0.4) is 0 Å². The second-order valence-electron chi connectivity index (χ2n) is 7.82. The number of nitrogens with zero attached hydrogens (tertiary/aromatic N) is 1. The van der Waals surface area contributed by atoms with Crippen LogP contribution in [0.1, 0.15) is 26.5 Å². The standard InChI is InChI=1S/C23H25BrClNOSi/c1-23(2,3)28(18-10-6-4-7-11-18,19-12-8-5-9-13-19)27-17-16-21-20(24)14-15-22(25)26-21/h4-15H,16-17H2,1-3H3. The lowest BCUT2D eigenvalue weighted by Crippen LogP contribution is -2.66. The molecule has 0 amide bonds. The predicted molar refractivity (Wildman–Crippen MR) is 124 cm³/mol. The molecule has 5 heteroatoms. The van der Waals surface area contributed by atoms with Crippen molar-refractivity contribution in [2.24, 2.45) is 0 Å². The number of benzene rings is 2. The van der Waals surface area contributed by atoms with Crippen LogP contribution in [0.4, 0.5) is 0 Å². The Kier molecular flexibility index (Phi) is 6.76. The zero-order valence-corrected chi connectivity index (χ0v) is 19.8. The summed E-state index contributed by atoms with van der Waals surface area (Å²) in [6, 6.07) is 25.1. The van der Waals surface area contributed by atoms with Crippen molar-refractivity contribution in [3.05, 3.63) is 88.1 Å². The molecule has 0 aliphatic heterocycles. The van der Waals surface area contributed by atoms with Gasteiger partial charge < -0.3 is 4.43 Å². The van der Waals surface area contributed by atoms with Crippen molar-refractivity contribution in [3.63, 3.8) is 0 Å². The first kappa shape index (κ1) is 21.3. The average Bonchev–Trinajstić information content (AvgIpc) is 2.68. The van der Waals surface area contributed by atoms with Crippen LogP contribution in [0.15, 0.2) is 77.3 Å². The number of aromatic nitrogens is 1. The van der Waals surface area contributed by atoms with Crippen LogP contribution in [-0.4, -0.2) is 19.9 Å². The number of pyridine rings is 1. The van der Waals surface area contributed by atoms with Crippen molar-refractivity contribution in [1.82, 2.24) is 4.98 Å². The van der Waals surface area contributed by atoms with Gasteiger partial charge in [0.15, 0.2) is 0 Å². The fourth-order valence-corrected chi connectivity index (χ4v) is 8.84. The maximum atomic E-state index is 6.90. The quantitative estimate of drug-likeness (QED) is 0.342. The van der Waals surface area contributed by atoms with Crippen LogP contribution in [-0.2, 0) is 10.8 Å². The maximum Gasteiger partial charge on any atom is 0.261 e. The summed E-state index contributed by atoms with van der Waals surface area (Å²) >= 11 is 9.66. The highest BCUT2D eigenvalue weighted by atomic mass is 79.9. The highest BCUT2D eigenvalue weighted by Crippen LogP contribution is 2.36. The molecule has 0 fully saturated rings. The van der Waals surface area contributed by atoms with Gasteiger partial charge in [-0.3, -0.25) is 0 Å². The van der Waals surface area contributed by atoms with Gasteiger partial charge in [-0.25, -0.2) is 4.98 Å². The Hall–Kier alpha value is -1.46. The number of hydrogen-bond donors (Lipinski definition) is 0. The minimum Gasteiger partial charge on any atom is -0.407 e. The van der Waals surface area contributed by atoms with E-state index in [2.05, 4.69) is 102 Å². The molecule has 0 radical (unpaired) electrons. The van der Waals surface area contributed by atoms with Crippen LogP contribution >= 0.6 is 27.5 Å². The van der Waals surface area contributed by atoms with E-state index in [0.717, 1.165) is 10.2 Å². The van der Waals surface area contributed by atoms with Gasteiger partial charge in [0.2, 0.25) is 0 Å². The van der Waals surface area contributed by atoms with Crippen LogP contribution in [0.2, 0.25) is 10.2 Å². The lowest BCUT2D eigenvalue weighted by molar-refractivity contribution is 0.300. The van der Waals surface area contributed by atoms with Crippen molar-refractivity contribution in [3.8, 4) is 0 Å². The monoisotopic (exact) mass is 473 g/mol. The van der Waals surface area contributed by atoms with Gasteiger partial charge in [0.1, 0.15) is 5.15 Å². The summed E-state index contributed by atoms with van der Waals surface area (Å²) in [7, 11) is -2.51. The summed E-state index contributed by atoms with van der Waals surface area (Å²) in [5.41, 5.74) is 0.922. The number of rotatable bonds is 6. The van der Waals surface area contributed by atoms with Crippen LogP contribution in [0, 0.1) is 0 Å². The largest absolute Gasteiger partial charge is 0.407 e. The van der Waals surface area contributed by atoms with E-state index in [0.29, 0.717) is 18.2 Å². The van der Waals surface area contributed by atoms with E-state index < -0.39 is 8.32 Å². The van der Waals surface area contributed by atoms with Gasteiger partial charge in [-0.15, -0.1) is 0 Å². The molecule has 0 saturated carbocycles. The lowest BCUT2D eigenvalue weighted by Gasteiger charge is -2.43. The Balaban J connectivity index is 2.00. The number of hydrogen-bond acceptors (Lipinski definition) is 2. The highest BCUT2D eigenvalue weighted by Gasteiger charge is 2.49. The molecule has 0 unspecified atom stereocenters. The van der Waals surface area contributed by atoms with Crippen molar-refractivity contribution in [2.75, 3.05) is 6.61 Å².